The Labute approximate surface area is 90.8 Å². The number of rotatable bonds is 5. The molecule has 8 heteroatoms. The van der Waals surface area contributed by atoms with Crippen molar-refractivity contribution in [2.75, 3.05) is 30.9 Å². The van der Waals surface area contributed by atoms with Gasteiger partial charge in [0.1, 0.15) is 11.2 Å². The number of hydrogen-bond donors (Lipinski definition) is 6. The third kappa shape index (κ3) is 2.30. The second kappa shape index (κ2) is 4.92. The quantitative estimate of drug-likeness (QED) is 0.327. The maximum Gasteiger partial charge on any atom is 0.276 e. The van der Waals surface area contributed by atoms with Crippen LogP contribution in [0.4, 0.5) is 11.5 Å². The summed E-state index contributed by atoms with van der Waals surface area (Å²) in [6.45, 7) is -1.60. The van der Waals surface area contributed by atoms with Crippen LogP contribution >= 0.6 is 0 Å². The summed E-state index contributed by atoms with van der Waals surface area (Å²) < 4.78 is 0. The number of aromatic amines is 1. The Kier molecular flexibility index (Phi) is 3.82. The van der Waals surface area contributed by atoms with Crippen LogP contribution in [0.5, 0.6) is 0 Å². The molecule has 90 valence electrons. The van der Waals surface area contributed by atoms with Crippen molar-refractivity contribution in [3.05, 3.63) is 16.7 Å². The molecule has 0 atom stereocenters. The molecule has 0 aliphatic carbocycles. The lowest BCUT2D eigenvalue weighted by atomic mass is 10.0. The van der Waals surface area contributed by atoms with Gasteiger partial charge >= 0.3 is 0 Å². The minimum Gasteiger partial charge on any atom is -0.394 e. The van der Waals surface area contributed by atoms with E-state index in [1.807, 2.05) is 0 Å². The lowest BCUT2D eigenvalue weighted by molar-refractivity contribution is 0.0831. The van der Waals surface area contributed by atoms with Crippen LogP contribution in [0.3, 0.4) is 0 Å². The molecule has 16 heavy (non-hydrogen) atoms. The van der Waals surface area contributed by atoms with Crippen molar-refractivity contribution in [1.82, 2.24) is 9.97 Å². The summed E-state index contributed by atoms with van der Waals surface area (Å²) in [7, 11) is 0. The first kappa shape index (κ1) is 12.4. The van der Waals surface area contributed by atoms with Crippen molar-refractivity contribution in [2.45, 2.75) is 5.54 Å². The minimum absolute atomic E-state index is 0.000833. The fraction of sp³-hybridized carbons (Fsp3) is 0.500. The van der Waals surface area contributed by atoms with E-state index >= 15 is 0 Å². The molecule has 1 aromatic heterocycles. The minimum atomic E-state index is -1.37. The zero-order valence-electron chi connectivity index (χ0n) is 8.47. The van der Waals surface area contributed by atoms with E-state index in [2.05, 4.69) is 15.3 Å². The Morgan fingerprint density at radius 3 is 2.44 bits per heavy atom. The van der Waals surface area contributed by atoms with E-state index in [1.165, 1.54) is 0 Å². The first-order chi connectivity index (χ1) is 7.58. The van der Waals surface area contributed by atoms with Gasteiger partial charge in [-0.1, -0.05) is 0 Å². The van der Waals surface area contributed by atoms with E-state index in [0.717, 1.165) is 6.33 Å². The van der Waals surface area contributed by atoms with Gasteiger partial charge in [-0.2, -0.15) is 0 Å². The SMILES string of the molecule is Nc1c(NC(CO)(CO)CO)nc[nH]c1=O. The van der Waals surface area contributed by atoms with Crippen molar-refractivity contribution in [3.8, 4) is 0 Å². The molecule has 1 heterocycles. The lowest BCUT2D eigenvalue weighted by Gasteiger charge is -2.29. The van der Waals surface area contributed by atoms with Gasteiger partial charge in [0.15, 0.2) is 5.82 Å². The molecule has 0 spiro atoms. The molecule has 7 N–H and O–H groups in total. The summed E-state index contributed by atoms with van der Waals surface area (Å²) in [4.78, 5) is 17.1. The number of aliphatic hydroxyl groups excluding tert-OH is 3. The summed E-state index contributed by atoms with van der Waals surface area (Å²) >= 11 is 0. The van der Waals surface area contributed by atoms with E-state index in [4.69, 9.17) is 21.1 Å². The number of nitrogens with two attached hydrogens (primary N) is 1. The van der Waals surface area contributed by atoms with Gasteiger partial charge in [-0.05, 0) is 0 Å². The summed E-state index contributed by atoms with van der Waals surface area (Å²) in [6, 6.07) is 0. The zero-order chi connectivity index (χ0) is 12.2. The van der Waals surface area contributed by atoms with Crippen LogP contribution < -0.4 is 16.6 Å². The van der Waals surface area contributed by atoms with Crippen molar-refractivity contribution < 1.29 is 15.3 Å². The molecule has 1 aromatic rings. The number of nitrogens with one attached hydrogen (secondary N) is 2. The van der Waals surface area contributed by atoms with Crippen LogP contribution in [0.15, 0.2) is 11.1 Å². The molecule has 0 saturated heterocycles. The molecule has 0 unspecified atom stereocenters. The molecule has 0 fully saturated rings. The molecule has 8 nitrogen and oxygen atoms in total. The second-order valence-electron chi connectivity index (χ2n) is 3.37. The highest BCUT2D eigenvalue weighted by atomic mass is 16.3. The molecule has 0 bridgehead atoms. The van der Waals surface area contributed by atoms with Crippen LogP contribution in [0.1, 0.15) is 0 Å². The summed E-state index contributed by atoms with van der Waals surface area (Å²) in [6.07, 6.45) is 1.12. The van der Waals surface area contributed by atoms with Gasteiger partial charge in [0, 0.05) is 0 Å². The van der Waals surface area contributed by atoms with E-state index < -0.39 is 30.9 Å². The Bertz CT molecular complexity index is 393. The highest BCUT2D eigenvalue weighted by Crippen LogP contribution is 2.15. The Morgan fingerprint density at radius 1 is 1.38 bits per heavy atom. The number of H-pyrrole nitrogens is 1. The van der Waals surface area contributed by atoms with E-state index in [0.29, 0.717) is 0 Å². The van der Waals surface area contributed by atoms with Crippen molar-refractivity contribution in [1.29, 1.82) is 0 Å². The Balaban J connectivity index is 3.03. The summed E-state index contributed by atoms with van der Waals surface area (Å²) in [5.74, 6) is 0.000833. The number of aromatic nitrogens is 2. The average Bonchev–Trinajstić information content (AvgIpc) is 2.32. The van der Waals surface area contributed by atoms with E-state index in [9.17, 15) is 4.79 Å². The van der Waals surface area contributed by atoms with E-state index in [1.54, 1.807) is 0 Å². The number of hydrogen-bond acceptors (Lipinski definition) is 7. The molecular formula is C8H14N4O4. The predicted molar refractivity (Wildman–Crippen MR) is 56.9 cm³/mol. The van der Waals surface area contributed by atoms with Gasteiger partial charge in [-0.3, -0.25) is 4.79 Å². The Hall–Kier alpha value is -1.64. The molecule has 0 amide bonds. The summed E-state index contributed by atoms with van der Waals surface area (Å²) in [5, 5.41) is 29.7. The van der Waals surface area contributed by atoms with Gasteiger partial charge < -0.3 is 31.4 Å². The molecular weight excluding hydrogens is 216 g/mol. The van der Waals surface area contributed by atoms with Gasteiger partial charge in [0.25, 0.3) is 5.56 Å². The van der Waals surface area contributed by atoms with Crippen LogP contribution in [-0.4, -0.2) is 50.6 Å². The Morgan fingerprint density at radius 2 is 1.94 bits per heavy atom. The largest absolute Gasteiger partial charge is 0.394 e. The van der Waals surface area contributed by atoms with Gasteiger partial charge in [-0.15, -0.1) is 0 Å². The molecule has 0 aromatic carbocycles. The third-order valence-corrected chi connectivity index (χ3v) is 2.18. The fourth-order valence-electron chi connectivity index (χ4n) is 1.03. The van der Waals surface area contributed by atoms with Gasteiger partial charge in [0.2, 0.25) is 0 Å². The van der Waals surface area contributed by atoms with E-state index in [-0.39, 0.29) is 11.5 Å². The summed E-state index contributed by atoms with van der Waals surface area (Å²) in [5.41, 5.74) is 3.35. The number of anilines is 2. The number of nitrogens with zero attached hydrogens (tertiary/aromatic N) is 1. The highest BCUT2D eigenvalue weighted by molar-refractivity contribution is 5.60. The van der Waals surface area contributed by atoms with Crippen LogP contribution in [0.2, 0.25) is 0 Å². The standard InChI is InChI=1S/C8H14N4O4/c9-5-6(10-4-11-7(5)16)12-8(1-13,2-14)3-15/h4,13-15H,1-3,9H2,(H2,10,11,12,16). The van der Waals surface area contributed by atoms with Crippen molar-refractivity contribution >= 4 is 11.5 Å². The van der Waals surface area contributed by atoms with Crippen molar-refractivity contribution in [3.63, 3.8) is 0 Å². The normalized spacial score (nSPS) is 11.4. The first-order valence-electron chi connectivity index (χ1n) is 4.52. The molecule has 0 radical (unpaired) electrons. The number of aliphatic hydroxyl groups is 3. The molecule has 0 aliphatic rings. The fourth-order valence-corrected chi connectivity index (χ4v) is 1.03. The zero-order valence-corrected chi connectivity index (χ0v) is 8.47. The predicted octanol–water partition coefficient (Wildman–Crippen LogP) is -2.52. The molecule has 0 aliphatic heterocycles. The molecule has 0 saturated carbocycles. The van der Waals surface area contributed by atoms with Crippen LogP contribution in [0.25, 0.3) is 0 Å². The monoisotopic (exact) mass is 230 g/mol. The number of nitrogen functional groups attached to an aromatic ring is 1. The van der Waals surface area contributed by atoms with Crippen LogP contribution in [0, 0.1) is 0 Å². The molecule has 1 rings (SSSR count). The first-order valence-corrected chi connectivity index (χ1v) is 4.52. The third-order valence-electron chi connectivity index (χ3n) is 2.18. The maximum atomic E-state index is 11.1. The maximum absolute atomic E-state index is 11.1. The van der Waals surface area contributed by atoms with Gasteiger partial charge in [-0.25, -0.2) is 4.98 Å². The van der Waals surface area contributed by atoms with Crippen molar-refractivity contribution in [2.24, 2.45) is 0 Å². The highest BCUT2D eigenvalue weighted by Gasteiger charge is 2.29. The average molecular weight is 230 g/mol. The van der Waals surface area contributed by atoms with Crippen LogP contribution in [-0.2, 0) is 0 Å². The topological polar surface area (TPSA) is 144 Å². The van der Waals surface area contributed by atoms with Gasteiger partial charge in [0.05, 0.1) is 26.1 Å². The smallest absolute Gasteiger partial charge is 0.276 e. The lowest BCUT2D eigenvalue weighted by Crippen LogP contribution is -2.49. The second-order valence-corrected chi connectivity index (χ2v) is 3.37.